The number of hydrogen-bond acceptors (Lipinski definition) is 5. The second kappa shape index (κ2) is 5.61. The summed E-state index contributed by atoms with van der Waals surface area (Å²) in [5.41, 5.74) is -1.05. The molecular formula is C13H21N3O5. The molecule has 0 saturated carbocycles. The Bertz CT molecular complexity index is 465. The van der Waals surface area contributed by atoms with Crippen LogP contribution in [0.4, 0.5) is 4.79 Å². The minimum Gasteiger partial charge on any atom is -0.394 e. The fraction of sp³-hybridized carbons (Fsp3) is 0.769. The van der Waals surface area contributed by atoms with Crippen molar-refractivity contribution in [2.45, 2.75) is 38.0 Å². The molecule has 0 aromatic rings. The summed E-state index contributed by atoms with van der Waals surface area (Å²) in [5.74, 6) is -0.721. The molecule has 0 unspecified atom stereocenters. The van der Waals surface area contributed by atoms with Crippen LogP contribution in [0.25, 0.3) is 0 Å². The summed E-state index contributed by atoms with van der Waals surface area (Å²) in [6.07, 6.45) is 0.445. The Morgan fingerprint density at radius 1 is 1.48 bits per heavy atom. The molecule has 21 heavy (non-hydrogen) atoms. The van der Waals surface area contributed by atoms with E-state index in [1.54, 1.807) is 21.0 Å². The monoisotopic (exact) mass is 299 g/mol. The van der Waals surface area contributed by atoms with E-state index in [1.165, 1.54) is 9.80 Å². The lowest BCUT2D eigenvalue weighted by Crippen LogP contribution is -2.51. The first kappa shape index (κ1) is 15.7. The van der Waals surface area contributed by atoms with Crippen LogP contribution in [0.2, 0.25) is 0 Å². The number of carbonyl (C=O) groups is 3. The summed E-state index contributed by atoms with van der Waals surface area (Å²) in [7, 11) is 1.56. The number of likely N-dealkylation sites (tertiary alicyclic amines) is 1. The molecule has 2 rings (SSSR count). The van der Waals surface area contributed by atoms with Crippen molar-refractivity contribution in [1.82, 2.24) is 15.1 Å². The van der Waals surface area contributed by atoms with Gasteiger partial charge < -0.3 is 19.6 Å². The average molecular weight is 299 g/mol. The molecule has 8 nitrogen and oxygen atoms in total. The van der Waals surface area contributed by atoms with Gasteiger partial charge in [-0.05, 0) is 20.3 Å². The van der Waals surface area contributed by atoms with E-state index in [2.05, 4.69) is 5.32 Å². The molecule has 2 atom stereocenters. The third-order valence-electron chi connectivity index (χ3n) is 4.23. The van der Waals surface area contributed by atoms with E-state index in [-0.39, 0.29) is 31.2 Å². The van der Waals surface area contributed by atoms with Gasteiger partial charge in [0, 0.05) is 13.7 Å². The van der Waals surface area contributed by atoms with Crippen molar-refractivity contribution >= 4 is 17.8 Å². The van der Waals surface area contributed by atoms with Crippen molar-refractivity contribution in [3.8, 4) is 0 Å². The molecule has 0 aromatic carbocycles. The van der Waals surface area contributed by atoms with Gasteiger partial charge >= 0.3 is 6.03 Å². The van der Waals surface area contributed by atoms with Gasteiger partial charge in [0.1, 0.15) is 12.1 Å². The van der Waals surface area contributed by atoms with Crippen LogP contribution in [0, 0.1) is 0 Å². The van der Waals surface area contributed by atoms with E-state index in [9.17, 15) is 19.5 Å². The molecule has 2 fully saturated rings. The number of carbonyl (C=O) groups excluding carboxylic acids is 3. The van der Waals surface area contributed by atoms with Crippen molar-refractivity contribution in [2.75, 3.05) is 26.8 Å². The lowest BCUT2D eigenvalue weighted by Gasteiger charge is -2.30. The Labute approximate surface area is 123 Å². The van der Waals surface area contributed by atoms with E-state index < -0.39 is 17.5 Å². The summed E-state index contributed by atoms with van der Waals surface area (Å²) < 4.78 is 5.22. The first-order valence-corrected chi connectivity index (χ1v) is 6.87. The van der Waals surface area contributed by atoms with Crippen molar-refractivity contribution in [1.29, 1.82) is 0 Å². The highest BCUT2D eigenvalue weighted by Gasteiger charge is 2.47. The first-order valence-electron chi connectivity index (χ1n) is 6.87. The molecule has 118 valence electrons. The predicted octanol–water partition coefficient (Wildman–Crippen LogP) is -1.07. The van der Waals surface area contributed by atoms with Gasteiger partial charge in [-0.25, -0.2) is 4.79 Å². The number of nitrogens with one attached hydrogen (secondary N) is 1. The fourth-order valence-corrected chi connectivity index (χ4v) is 2.71. The maximum absolute atomic E-state index is 12.4. The van der Waals surface area contributed by atoms with Gasteiger partial charge in [0.05, 0.1) is 18.8 Å². The number of methoxy groups -OCH3 is 1. The maximum atomic E-state index is 12.4. The Balaban J connectivity index is 2.07. The summed E-state index contributed by atoms with van der Waals surface area (Å²) in [6.45, 7) is 3.21. The first-order chi connectivity index (χ1) is 9.81. The maximum Gasteiger partial charge on any atom is 0.325 e. The van der Waals surface area contributed by atoms with Gasteiger partial charge in [0.25, 0.3) is 5.91 Å². The van der Waals surface area contributed by atoms with Gasteiger partial charge in [-0.1, -0.05) is 0 Å². The van der Waals surface area contributed by atoms with E-state index in [1.807, 2.05) is 0 Å². The zero-order valence-corrected chi connectivity index (χ0v) is 12.5. The minimum absolute atomic E-state index is 0.117. The van der Waals surface area contributed by atoms with Gasteiger partial charge in [0.15, 0.2) is 0 Å². The number of aliphatic hydroxyl groups excluding tert-OH is 1. The molecule has 0 bridgehead atoms. The highest BCUT2D eigenvalue weighted by molar-refractivity contribution is 6.07. The Morgan fingerprint density at radius 2 is 2.14 bits per heavy atom. The number of urea groups is 1. The van der Waals surface area contributed by atoms with Gasteiger partial charge in [0.2, 0.25) is 5.91 Å². The topological polar surface area (TPSA) is 99.2 Å². The zero-order chi connectivity index (χ0) is 15.8. The SMILES string of the molecule is CO[C@@H]1C[C@@H](CO)N(C(=O)CN2C(=O)NC(=O)C2(C)C)C1. The predicted molar refractivity (Wildman–Crippen MR) is 72.3 cm³/mol. The summed E-state index contributed by atoms with van der Waals surface area (Å²) >= 11 is 0. The van der Waals surface area contributed by atoms with E-state index in [0.717, 1.165) is 0 Å². The third-order valence-corrected chi connectivity index (χ3v) is 4.23. The van der Waals surface area contributed by atoms with Crippen LogP contribution < -0.4 is 5.32 Å². The lowest BCUT2D eigenvalue weighted by molar-refractivity contribution is -0.135. The lowest BCUT2D eigenvalue weighted by atomic mass is 10.0. The van der Waals surface area contributed by atoms with Crippen molar-refractivity contribution in [3.05, 3.63) is 0 Å². The van der Waals surface area contributed by atoms with Crippen LogP contribution in [0.1, 0.15) is 20.3 Å². The second-order valence-corrected chi connectivity index (χ2v) is 5.88. The highest BCUT2D eigenvalue weighted by Crippen LogP contribution is 2.24. The van der Waals surface area contributed by atoms with Crippen molar-refractivity contribution in [3.63, 3.8) is 0 Å². The summed E-state index contributed by atoms with van der Waals surface area (Å²) in [5, 5.41) is 11.6. The third kappa shape index (κ3) is 2.73. The highest BCUT2D eigenvalue weighted by atomic mass is 16.5. The largest absolute Gasteiger partial charge is 0.394 e. The average Bonchev–Trinajstić information content (AvgIpc) is 2.94. The zero-order valence-electron chi connectivity index (χ0n) is 12.5. The van der Waals surface area contributed by atoms with Crippen molar-refractivity contribution < 1.29 is 24.2 Å². The molecule has 0 radical (unpaired) electrons. The van der Waals surface area contributed by atoms with Crippen LogP contribution in [0.5, 0.6) is 0 Å². The number of rotatable bonds is 4. The fourth-order valence-electron chi connectivity index (χ4n) is 2.71. The number of imide groups is 1. The van der Waals surface area contributed by atoms with E-state index in [0.29, 0.717) is 13.0 Å². The normalized spacial score (nSPS) is 28.2. The van der Waals surface area contributed by atoms with Crippen LogP contribution in [0.3, 0.4) is 0 Å². The molecule has 2 aliphatic heterocycles. The standard InChI is InChI=1S/C13H21N3O5/c1-13(2)11(19)14-12(20)16(13)6-10(18)15-5-9(21-3)4-8(15)7-17/h8-9,17H,4-7H2,1-3H3,(H,14,19,20)/t8-,9+/m0/s1. The van der Waals surface area contributed by atoms with Crippen LogP contribution in [-0.2, 0) is 14.3 Å². The summed E-state index contributed by atoms with van der Waals surface area (Å²) in [6, 6.07) is -0.881. The van der Waals surface area contributed by atoms with E-state index >= 15 is 0 Å². The Kier molecular flexibility index (Phi) is 4.20. The molecule has 4 amide bonds. The quantitative estimate of drug-likeness (QED) is 0.644. The van der Waals surface area contributed by atoms with E-state index in [4.69, 9.17) is 4.74 Å². The molecule has 0 aliphatic carbocycles. The number of nitrogens with zero attached hydrogens (tertiary/aromatic N) is 2. The number of hydrogen-bond donors (Lipinski definition) is 2. The molecule has 2 saturated heterocycles. The Hall–Kier alpha value is -1.67. The smallest absolute Gasteiger partial charge is 0.325 e. The number of amides is 4. The number of aliphatic hydroxyl groups is 1. The number of ether oxygens (including phenoxy) is 1. The van der Waals surface area contributed by atoms with Crippen LogP contribution in [-0.4, -0.2) is 77.2 Å². The Morgan fingerprint density at radius 3 is 2.62 bits per heavy atom. The van der Waals surface area contributed by atoms with Crippen LogP contribution in [0.15, 0.2) is 0 Å². The minimum atomic E-state index is -1.05. The molecule has 2 heterocycles. The van der Waals surface area contributed by atoms with Crippen molar-refractivity contribution in [2.24, 2.45) is 0 Å². The molecular weight excluding hydrogens is 278 g/mol. The van der Waals surface area contributed by atoms with Gasteiger partial charge in [-0.2, -0.15) is 0 Å². The molecule has 2 N–H and O–H groups in total. The summed E-state index contributed by atoms with van der Waals surface area (Å²) in [4.78, 5) is 38.6. The van der Waals surface area contributed by atoms with Gasteiger partial charge in [-0.3, -0.25) is 14.9 Å². The molecule has 0 spiro atoms. The van der Waals surface area contributed by atoms with Crippen LogP contribution >= 0.6 is 0 Å². The second-order valence-electron chi connectivity index (χ2n) is 5.88. The molecule has 8 heteroatoms. The molecule has 2 aliphatic rings. The molecule has 0 aromatic heterocycles. The van der Waals surface area contributed by atoms with Gasteiger partial charge in [-0.15, -0.1) is 0 Å².